The summed E-state index contributed by atoms with van der Waals surface area (Å²) >= 11 is 0. The molecule has 0 aromatic heterocycles. The molecule has 2 aromatic carbocycles. The summed E-state index contributed by atoms with van der Waals surface area (Å²) in [7, 11) is 0. The third-order valence-corrected chi connectivity index (χ3v) is 3.60. The smallest absolute Gasteiger partial charge is 0.328 e. The molecule has 2 atom stereocenters. The van der Waals surface area contributed by atoms with Gasteiger partial charge in [-0.25, -0.2) is 4.79 Å². The highest BCUT2D eigenvalue weighted by atomic mass is 16.5. The van der Waals surface area contributed by atoms with E-state index in [9.17, 15) is 9.59 Å². The molecule has 25 heavy (non-hydrogen) atoms. The number of hydrogen-bond acceptors (Lipinski definition) is 4. The fraction of sp³-hybridized carbons (Fsp3) is 0.300. The number of carbonyl (C=O) groups excluding carboxylic acids is 2. The van der Waals surface area contributed by atoms with Gasteiger partial charge in [0.25, 0.3) is 5.91 Å². The van der Waals surface area contributed by atoms with Crippen molar-refractivity contribution in [3.05, 3.63) is 66.2 Å². The lowest BCUT2D eigenvalue weighted by atomic mass is 10.1. The van der Waals surface area contributed by atoms with Crippen molar-refractivity contribution in [1.82, 2.24) is 5.32 Å². The average molecular weight is 341 g/mol. The number of nitrogens with one attached hydrogen (secondary N) is 1. The topological polar surface area (TPSA) is 64.6 Å². The summed E-state index contributed by atoms with van der Waals surface area (Å²) in [6, 6.07) is 17.8. The maximum Gasteiger partial charge on any atom is 0.328 e. The van der Waals surface area contributed by atoms with Gasteiger partial charge < -0.3 is 14.8 Å². The zero-order chi connectivity index (χ0) is 18.1. The molecule has 1 N–H and O–H groups in total. The summed E-state index contributed by atoms with van der Waals surface area (Å²) in [6.45, 7) is 3.64. The lowest BCUT2D eigenvalue weighted by Gasteiger charge is -2.20. The number of carbonyl (C=O) groups is 2. The van der Waals surface area contributed by atoms with Crippen LogP contribution in [0.5, 0.6) is 5.75 Å². The first-order valence-corrected chi connectivity index (χ1v) is 8.32. The molecule has 0 aliphatic rings. The second kappa shape index (κ2) is 9.47. The predicted octanol–water partition coefficient (Wildman–Crippen LogP) is 2.74. The molecular weight excluding hydrogens is 318 g/mol. The van der Waals surface area contributed by atoms with Gasteiger partial charge >= 0.3 is 5.97 Å². The van der Waals surface area contributed by atoms with Gasteiger partial charge in [0.05, 0.1) is 6.61 Å². The van der Waals surface area contributed by atoms with E-state index < -0.39 is 18.1 Å². The number of rotatable bonds is 8. The Morgan fingerprint density at radius 1 is 1.00 bits per heavy atom. The van der Waals surface area contributed by atoms with Crippen molar-refractivity contribution in [1.29, 1.82) is 0 Å². The Hall–Kier alpha value is -2.82. The maximum absolute atomic E-state index is 12.4. The van der Waals surface area contributed by atoms with E-state index in [0.29, 0.717) is 12.2 Å². The summed E-state index contributed by atoms with van der Waals surface area (Å²) < 4.78 is 10.7. The van der Waals surface area contributed by atoms with Crippen molar-refractivity contribution in [2.24, 2.45) is 0 Å². The summed E-state index contributed by atoms with van der Waals surface area (Å²) in [4.78, 5) is 24.6. The minimum Gasteiger partial charge on any atom is -0.481 e. The standard InChI is InChI=1S/C20H23NO4/c1-3-24-20(23)18(14-16-10-6-4-7-11-16)21-19(22)15(2)25-17-12-8-5-9-13-17/h4-13,15,18H,3,14H2,1-2H3,(H,21,22). The molecule has 0 heterocycles. The first-order chi connectivity index (χ1) is 12.1. The Bertz CT molecular complexity index is 673. The van der Waals surface area contributed by atoms with E-state index in [1.54, 1.807) is 26.0 Å². The number of para-hydroxylation sites is 1. The van der Waals surface area contributed by atoms with Gasteiger partial charge in [0, 0.05) is 6.42 Å². The maximum atomic E-state index is 12.4. The Labute approximate surface area is 148 Å². The van der Waals surface area contributed by atoms with Crippen LogP contribution >= 0.6 is 0 Å². The first-order valence-electron chi connectivity index (χ1n) is 8.32. The van der Waals surface area contributed by atoms with Crippen molar-refractivity contribution in [3.63, 3.8) is 0 Å². The number of benzene rings is 2. The van der Waals surface area contributed by atoms with E-state index >= 15 is 0 Å². The van der Waals surface area contributed by atoms with E-state index in [1.165, 1.54) is 0 Å². The van der Waals surface area contributed by atoms with Crippen LogP contribution in [-0.4, -0.2) is 30.6 Å². The zero-order valence-electron chi connectivity index (χ0n) is 14.5. The number of ether oxygens (including phenoxy) is 2. The molecule has 0 spiro atoms. The SMILES string of the molecule is CCOC(=O)C(Cc1ccccc1)NC(=O)C(C)Oc1ccccc1. The molecule has 2 aromatic rings. The van der Waals surface area contributed by atoms with Gasteiger partial charge in [0.1, 0.15) is 11.8 Å². The molecule has 2 unspecified atom stereocenters. The van der Waals surface area contributed by atoms with E-state index in [1.807, 2.05) is 48.5 Å². The number of esters is 1. The predicted molar refractivity (Wildman–Crippen MR) is 95.2 cm³/mol. The van der Waals surface area contributed by atoms with Crippen molar-refractivity contribution in [3.8, 4) is 5.75 Å². The number of hydrogen-bond donors (Lipinski definition) is 1. The van der Waals surface area contributed by atoms with Gasteiger partial charge in [-0.1, -0.05) is 48.5 Å². The van der Waals surface area contributed by atoms with Crippen LogP contribution in [0.1, 0.15) is 19.4 Å². The van der Waals surface area contributed by atoms with Crippen molar-refractivity contribution in [2.75, 3.05) is 6.61 Å². The van der Waals surface area contributed by atoms with Crippen molar-refractivity contribution < 1.29 is 19.1 Å². The van der Waals surface area contributed by atoms with E-state index in [0.717, 1.165) is 5.56 Å². The molecule has 0 saturated heterocycles. The molecule has 5 heteroatoms. The summed E-state index contributed by atoms with van der Waals surface area (Å²) in [5.41, 5.74) is 0.942. The third kappa shape index (κ3) is 5.95. The van der Waals surface area contributed by atoms with E-state index in [2.05, 4.69) is 5.32 Å². The fourth-order valence-corrected chi connectivity index (χ4v) is 2.33. The van der Waals surface area contributed by atoms with Crippen LogP contribution < -0.4 is 10.1 Å². The molecule has 0 aliphatic heterocycles. The Morgan fingerprint density at radius 3 is 2.20 bits per heavy atom. The van der Waals surface area contributed by atoms with Crippen LogP contribution in [0.4, 0.5) is 0 Å². The zero-order valence-corrected chi connectivity index (χ0v) is 14.5. The minimum absolute atomic E-state index is 0.260. The summed E-state index contributed by atoms with van der Waals surface area (Å²) in [5, 5.41) is 2.73. The van der Waals surface area contributed by atoms with Gasteiger partial charge in [0.2, 0.25) is 0 Å². The average Bonchev–Trinajstić information content (AvgIpc) is 2.63. The molecule has 0 radical (unpaired) electrons. The molecule has 0 aliphatic carbocycles. The molecule has 0 bridgehead atoms. The highest BCUT2D eigenvalue weighted by molar-refractivity contribution is 5.87. The van der Waals surface area contributed by atoms with Gasteiger partial charge in [0.15, 0.2) is 6.10 Å². The molecule has 0 saturated carbocycles. The van der Waals surface area contributed by atoms with E-state index in [4.69, 9.17) is 9.47 Å². The Balaban J connectivity index is 2.01. The fourth-order valence-electron chi connectivity index (χ4n) is 2.33. The quantitative estimate of drug-likeness (QED) is 0.750. The normalized spacial score (nSPS) is 12.7. The summed E-state index contributed by atoms with van der Waals surface area (Å²) in [5.74, 6) is -0.217. The molecule has 2 rings (SSSR count). The second-order valence-electron chi connectivity index (χ2n) is 5.58. The molecule has 132 valence electrons. The largest absolute Gasteiger partial charge is 0.481 e. The first kappa shape index (κ1) is 18.5. The second-order valence-corrected chi connectivity index (χ2v) is 5.58. The van der Waals surface area contributed by atoms with Crippen LogP contribution in [0, 0.1) is 0 Å². The Kier molecular flexibility index (Phi) is 7.01. The van der Waals surface area contributed by atoms with Gasteiger partial charge in [-0.3, -0.25) is 4.79 Å². The lowest BCUT2D eigenvalue weighted by molar-refractivity contribution is -0.148. The Morgan fingerprint density at radius 2 is 1.60 bits per heavy atom. The van der Waals surface area contributed by atoms with Crippen LogP contribution in [0.3, 0.4) is 0 Å². The number of amides is 1. The van der Waals surface area contributed by atoms with Gasteiger partial charge in [-0.05, 0) is 31.5 Å². The highest BCUT2D eigenvalue weighted by Crippen LogP contribution is 2.11. The minimum atomic E-state index is -0.753. The van der Waals surface area contributed by atoms with Gasteiger partial charge in [-0.15, -0.1) is 0 Å². The third-order valence-electron chi connectivity index (χ3n) is 3.60. The van der Waals surface area contributed by atoms with E-state index in [-0.39, 0.29) is 12.5 Å². The monoisotopic (exact) mass is 341 g/mol. The van der Waals surface area contributed by atoms with Crippen LogP contribution in [0.2, 0.25) is 0 Å². The van der Waals surface area contributed by atoms with Gasteiger partial charge in [-0.2, -0.15) is 0 Å². The van der Waals surface area contributed by atoms with Crippen LogP contribution in [0.15, 0.2) is 60.7 Å². The van der Waals surface area contributed by atoms with Crippen molar-refractivity contribution >= 4 is 11.9 Å². The molecular formula is C20H23NO4. The lowest BCUT2D eigenvalue weighted by Crippen LogP contribution is -2.48. The van der Waals surface area contributed by atoms with Crippen LogP contribution in [-0.2, 0) is 20.7 Å². The summed E-state index contributed by atoms with van der Waals surface area (Å²) in [6.07, 6.45) is -0.362. The molecule has 5 nitrogen and oxygen atoms in total. The van der Waals surface area contributed by atoms with Crippen LogP contribution in [0.25, 0.3) is 0 Å². The highest BCUT2D eigenvalue weighted by Gasteiger charge is 2.25. The molecule has 0 fully saturated rings. The molecule has 1 amide bonds. The van der Waals surface area contributed by atoms with Crippen molar-refractivity contribution in [2.45, 2.75) is 32.4 Å².